The van der Waals surface area contributed by atoms with Gasteiger partial charge in [0.25, 0.3) is 5.91 Å². The van der Waals surface area contributed by atoms with E-state index in [1.807, 2.05) is 19.1 Å². The number of hydrogen-bond acceptors (Lipinski definition) is 5. The van der Waals surface area contributed by atoms with Crippen LogP contribution in [0.4, 0.5) is 4.79 Å². The van der Waals surface area contributed by atoms with Crippen LogP contribution in [0, 0.1) is 0 Å². The number of amides is 3. The molecule has 1 aromatic heterocycles. The number of imide groups is 1. The zero-order valence-electron chi connectivity index (χ0n) is 22.2. The van der Waals surface area contributed by atoms with E-state index in [4.69, 9.17) is 4.74 Å². The second kappa shape index (κ2) is 11.8. The van der Waals surface area contributed by atoms with Crippen molar-refractivity contribution in [3.05, 3.63) is 58.8 Å². The minimum absolute atomic E-state index is 0.153. The largest absolute Gasteiger partial charge is 0.468 e. The molecular weight excluding hydrogens is 468 g/mol. The summed E-state index contributed by atoms with van der Waals surface area (Å²) in [5.74, 6) is 0.494. The summed E-state index contributed by atoms with van der Waals surface area (Å²) in [6.45, 7) is 5.16. The van der Waals surface area contributed by atoms with Gasteiger partial charge in [0.1, 0.15) is 11.5 Å². The Balaban J connectivity index is 1.60. The maximum atomic E-state index is 12.9. The number of carbonyl (C=O) groups is 3. The highest BCUT2D eigenvalue weighted by Crippen LogP contribution is 2.42. The second-order valence-electron chi connectivity index (χ2n) is 10.1. The summed E-state index contributed by atoms with van der Waals surface area (Å²) in [6, 6.07) is 7.85. The molecule has 0 spiro atoms. The van der Waals surface area contributed by atoms with E-state index in [9.17, 15) is 14.4 Å². The third-order valence-corrected chi connectivity index (χ3v) is 7.59. The number of carbonyl (C=O) groups excluding carboxylic acids is 3. The molecule has 1 aliphatic carbocycles. The fourth-order valence-electron chi connectivity index (χ4n) is 5.40. The molecule has 1 saturated heterocycles. The molecule has 0 atom stereocenters. The zero-order valence-corrected chi connectivity index (χ0v) is 22.2. The molecular formula is C29H38N4O4. The first-order valence-corrected chi connectivity index (χ1v) is 13.5. The number of unbranched alkanes of at least 4 members (excludes halogenated alkanes) is 2. The van der Waals surface area contributed by atoms with Gasteiger partial charge in [-0.2, -0.15) is 0 Å². The van der Waals surface area contributed by atoms with Crippen LogP contribution >= 0.6 is 0 Å². The molecule has 2 fully saturated rings. The van der Waals surface area contributed by atoms with Crippen molar-refractivity contribution >= 4 is 24.0 Å². The van der Waals surface area contributed by atoms with Crippen LogP contribution in [0.25, 0.3) is 6.08 Å². The van der Waals surface area contributed by atoms with Crippen LogP contribution in [0.2, 0.25) is 0 Å². The van der Waals surface area contributed by atoms with E-state index in [0.717, 1.165) is 80.4 Å². The van der Waals surface area contributed by atoms with Crippen molar-refractivity contribution in [3.63, 3.8) is 0 Å². The van der Waals surface area contributed by atoms with Crippen LogP contribution < -0.4 is 5.32 Å². The maximum Gasteiger partial charge on any atom is 0.329 e. The lowest BCUT2D eigenvalue weighted by Gasteiger charge is -2.26. The van der Waals surface area contributed by atoms with E-state index in [1.54, 1.807) is 12.3 Å². The Bertz CT molecular complexity index is 1160. The van der Waals surface area contributed by atoms with E-state index < -0.39 is 5.41 Å². The van der Waals surface area contributed by atoms with Crippen molar-refractivity contribution in [2.24, 2.45) is 0 Å². The number of benzene rings is 1. The summed E-state index contributed by atoms with van der Waals surface area (Å²) < 4.78 is 7.27. The summed E-state index contributed by atoms with van der Waals surface area (Å²) in [7, 11) is 1.46. The number of ether oxygens (including phenoxy) is 1. The molecule has 2 aromatic rings. The molecule has 1 aromatic carbocycles. The van der Waals surface area contributed by atoms with Crippen molar-refractivity contribution in [2.45, 2.75) is 83.6 Å². The Morgan fingerprint density at radius 1 is 1.11 bits per heavy atom. The highest BCUT2D eigenvalue weighted by molar-refractivity contribution is 6.13. The quantitative estimate of drug-likeness (QED) is 0.264. The summed E-state index contributed by atoms with van der Waals surface area (Å²) in [6.07, 6.45) is 11.7. The highest BCUT2D eigenvalue weighted by atomic mass is 16.5. The number of imidazole rings is 1. The molecule has 2 aliphatic rings. The lowest BCUT2D eigenvalue weighted by molar-refractivity contribution is -0.147. The monoisotopic (exact) mass is 506 g/mol. The molecule has 0 bridgehead atoms. The first-order valence-electron chi connectivity index (χ1n) is 13.5. The van der Waals surface area contributed by atoms with Crippen LogP contribution in [-0.4, -0.2) is 46.0 Å². The van der Waals surface area contributed by atoms with E-state index in [2.05, 4.69) is 33.9 Å². The van der Waals surface area contributed by atoms with Crippen LogP contribution in [0.3, 0.4) is 0 Å². The van der Waals surface area contributed by atoms with Crippen molar-refractivity contribution in [3.8, 4) is 0 Å². The fourth-order valence-corrected chi connectivity index (χ4v) is 5.40. The Morgan fingerprint density at radius 3 is 2.46 bits per heavy atom. The average molecular weight is 507 g/mol. The minimum atomic E-state index is -0.547. The number of aromatic nitrogens is 2. The third-order valence-electron chi connectivity index (χ3n) is 7.59. The van der Waals surface area contributed by atoms with Gasteiger partial charge in [-0.3, -0.25) is 14.5 Å². The van der Waals surface area contributed by atoms with Crippen LogP contribution in [0.5, 0.6) is 0 Å². The number of rotatable bonds is 11. The normalized spacial score (nSPS) is 18.0. The van der Waals surface area contributed by atoms with Gasteiger partial charge in [-0.25, -0.2) is 9.78 Å². The van der Waals surface area contributed by atoms with E-state index >= 15 is 0 Å². The first-order chi connectivity index (χ1) is 17.9. The number of nitrogens with one attached hydrogen (secondary N) is 1. The zero-order chi connectivity index (χ0) is 26.4. The predicted octanol–water partition coefficient (Wildman–Crippen LogP) is 4.95. The SMILES string of the molecule is CCCCc1ncc(/C=C2\NC(=O)N(CCCC)C2=O)n1Cc1ccc(C2(C(=O)OC)CCCC2)cc1. The van der Waals surface area contributed by atoms with Gasteiger partial charge in [0.15, 0.2) is 0 Å². The summed E-state index contributed by atoms with van der Waals surface area (Å²) in [4.78, 5) is 43.8. The smallest absolute Gasteiger partial charge is 0.329 e. The number of aryl methyl sites for hydroxylation is 1. The Kier molecular flexibility index (Phi) is 8.46. The molecule has 1 N–H and O–H groups in total. The standard InChI is InChI=1S/C29H38N4O4/c1-4-6-10-25-30-19-23(18-24-26(34)32(17-7-5-2)28(36)31-24)33(25)20-21-11-13-22(14-12-21)29(27(35)37-3)15-8-9-16-29/h11-14,18-19H,4-10,15-17,20H2,1-3H3,(H,31,36)/b24-18-. The van der Waals surface area contributed by atoms with Crippen molar-refractivity contribution in [1.82, 2.24) is 19.8 Å². The minimum Gasteiger partial charge on any atom is -0.468 e. The molecule has 0 unspecified atom stereocenters. The molecule has 1 saturated carbocycles. The number of hydrogen-bond donors (Lipinski definition) is 1. The van der Waals surface area contributed by atoms with Gasteiger partial charge in [-0.05, 0) is 42.9 Å². The molecule has 2 heterocycles. The van der Waals surface area contributed by atoms with E-state index in [-0.39, 0.29) is 23.6 Å². The van der Waals surface area contributed by atoms with Gasteiger partial charge in [0.2, 0.25) is 0 Å². The molecule has 1 aliphatic heterocycles. The third kappa shape index (κ3) is 5.48. The fraction of sp³-hybridized carbons (Fsp3) is 0.517. The van der Waals surface area contributed by atoms with Gasteiger partial charge in [-0.1, -0.05) is 63.8 Å². The maximum absolute atomic E-state index is 12.9. The van der Waals surface area contributed by atoms with Gasteiger partial charge in [0, 0.05) is 19.5 Å². The molecule has 0 radical (unpaired) electrons. The molecule has 3 amide bonds. The number of methoxy groups -OCH3 is 1. The van der Waals surface area contributed by atoms with Gasteiger partial charge >= 0.3 is 12.0 Å². The number of urea groups is 1. The second-order valence-corrected chi connectivity index (χ2v) is 10.1. The molecule has 8 heteroatoms. The topological polar surface area (TPSA) is 93.5 Å². The molecule has 4 rings (SSSR count). The van der Waals surface area contributed by atoms with Crippen LogP contribution in [0.15, 0.2) is 36.2 Å². The highest BCUT2D eigenvalue weighted by Gasteiger charge is 2.43. The Hall–Kier alpha value is -3.42. The summed E-state index contributed by atoms with van der Waals surface area (Å²) in [5, 5.41) is 2.73. The van der Waals surface area contributed by atoms with E-state index in [0.29, 0.717) is 13.1 Å². The molecule has 37 heavy (non-hydrogen) atoms. The van der Waals surface area contributed by atoms with Crippen molar-refractivity contribution in [1.29, 1.82) is 0 Å². The lowest BCUT2D eigenvalue weighted by Crippen LogP contribution is -2.34. The number of esters is 1. The van der Waals surface area contributed by atoms with Gasteiger partial charge in [-0.15, -0.1) is 0 Å². The lowest BCUT2D eigenvalue weighted by atomic mass is 9.78. The average Bonchev–Trinajstić information content (AvgIpc) is 3.61. The van der Waals surface area contributed by atoms with E-state index in [1.165, 1.54) is 12.0 Å². The van der Waals surface area contributed by atoms with Crippen molar-refractivity contribution < 1.29 is 19.1 Å². The van der Waals surface area contributed by atoms with Crippen molar-refractivity contribution in [2.75, 3.05) is 13.7 Å². The Labute approximate surface area is 219 Å². The van der Waals surface area contributed by atoms with Gasteiger partial charge < -0.3 is 14.6 Å². The number of nitrogens with zero attached hydrogens (tertiary/aromatic N) is 3. The molecule has 198 valence electrons. The van der Waals surface area contributed by atoms with Crippen LogP contribution in [0.1, 0.15) is 87.9 Å². The summed E-state index contributed by atoms with van der Waals surface area (Å²) >= 11 is 0. The predicted molar refractivity (Wildman–Crippen MR) is 142 cm³/mol. The van der Waals surface area contributed by atoms with Crippen LogP contribution in [-0.2, 0) is 32.7 Å². The van der Waals surface area contributed by atoms with Gasteiger partial charge in [0.05, 0.1) is 24.4 Å². The Morgan fingerprint density at radius 2 is 1.81 bits per heavy atom. The summed E-state index contributed by atoms with van der Waals surface area (Å²) in [5.41, 5.74) is 2.59. The molecule has 8 nitrogen and oxygen atoms in total. The first kappa shape index (κ1) is 26.6.